The molecule has 5 rings (SSSR count). The minimum absolute atomic E-state index is 0.0953. The van der Waals surface area contributed by atoms with Crippen LogP contribution in [0.25, 0.3) is 0 Å². The van der Waals surface area contributed by atoms with Crippen LogP contribution in [-0.4, -0.2) is 42.6 Å². The van der Waals surface area contributed by atoms with Crippen LogP contribution in [-0.2, 0) is 38.3 Å². The Kier molecular flexibility index (Phi) is 7.83. The summed E-state index contributed by atoms with van der Waals surface area (Å²) in [4.78, 5) is 27.9. The topological polar surface area (TPSA) is 46.6 Å². The van der Waals surface area contributed by atoms with Crippen molar-refractivity contribution in [3.63, 3.8) is 0 Å². The Morgan fingerprint density at radius 3 is 2.38 bits per heavy atom. The maximum absolute atomic E-state index is 14.9. The van der Waals surface area contributed by atoms with E-state index in [0.717, 1.165) is 21.2 Å². The van der Waals surface area contributed by atoms with Gasteiger partial charge in [0.1, 0.15) is 0 Å². The third-order valence-corrected chi connectivity index (χ3v) is 10.0. The van der Waals surface area contributed by atoms with Crippen LogP contribution in [0.3, 0.4) is 0 Å². The molecule has 0 aromatic heterocycles. The van der Waals surface area contributed by atoms with Gasteiger partial charge in [-0.05, 0) is 92.7 Å². The molecule has 4 nitrogen and oxygen atoms in total. The number of aryl methyl sites for hydroxylation is 1. The van der Waals surface area contributed by atoms with Crippen LogP contribution in [0.1, 0.15) is 67.7 Å². The minimum atomic E-state index is -5.02. The van der Waals surface area contributed by atoms with Crippen LogP contribution in [0.2, 0.25) is 0 Å². The number of likely N-dealkylation sites (tertiary alicyclic amines) is 1. The number of carbonyl (C=O) groups excluding carboxylic acids is 2. The Bertz CT molecular complexity index is 1290. The zero-order valence-corrected chi connectivity index (χ0v) is 24.3. The number of carbonyl (C=O) groups is 2. The first-order valence-corrected chi connectivity index (χ1v) is 14.7. The van der Waals surface area contributed by atoms with E-state index >= 15 is 0 Å². The van der Waals surface area contributed by atoms with Crippen molar-refractivity contribution in [3.8, 4) is 0 Å². The number of halogens is 5. The van der Waals surface area contributed by atoms with E-state index in [1.807, 2.05) is 29.2 Å². The predicted octanol–water partition coefficient (Wildman–Crippen LogP) is 7.20. The van der Waals surface area contributed by atoms with Crippen LogP contribution in [0.15, 0.2) is 46.9 Å². The first-order chi connectivity index (χ1) is 18.9. The van der Waals surface area contributed by atoms with Gasteiger partial charge in [-0.2, -0.15) is 13.2 Å². The summed E-state index contributed by atoms with van der Waals surface area (Å²) in [7, 11) is 1.38. The number of hydrogen-bond acceptors (Lipinski definition) is 3. The van der Waals surface area contributed by atoms with E-state index in [4.69, 9.17) is 4.74 Å². The molecule has 216 valence electrons. The van der Waals surface area contributed by atoms with E-state index in [2.05, 4.69) is 15.9 Å². The molecule has 3 unspecified atom stereocenters. The summed E-state index contributed by atoms with van der Waals surface area (Å²) in [6, 6.07) is 12.2. The molecule has 0 radical (unpaired) electrons. The Labute approximate surface area is 240 Å². The van der Waals surface area contributed by atoms with Crippen LogP contribution in [0, 0.1) is 11.8 Å². The number of benzene rings is 2. The highest BCUT2D eigenvalue weighted by Crippen LogP contribution is 2.51. The van der Waals surface area contributed by atoms with Crippen LogP contribution < -0.4 is 0 Å². The van der Waals surface area contributed by atoms with Gasteiger partial charge in [-0.15, -0.1) is 0 Å². The van der Waals surface area contributed by atoms with E-state index in [-0.39, 0.29) is 35.3 Å². The Morgan fingerprint density at radius 2 is 1.73 bits per heavy atom. The molecule has 1 saturated heterocycles. The second-order valence-corrected chi connectivity index (χ2v) is 12.7. The first-order valence-electron chi connectivity index (χ1n) is 13.9. The molecule has 2 aliphatic carbocycles. The standard InChI is InChI=1S/C31H34BrF4NO3/c1-29(33,31(34,35)36)23-11-12-25-22(17-23)10-13-26-30(25,18-19-4-3-5-24(32)16-19)14-15-37(26)27(38)20-6-8-21(9-7-20)28(39)40-2/h3-5,11-12,16-17,20-21,26H,6-10,13-15,18H2,1-2H3/t20-,21-,26?,29?,30?. The molecule has 1 amide bonds. The molecule has 2 aromatic rings. The van der Waals surface area contributed by atoms with Crippen LogP contribution in [0.4, 0.5) is 17.6 Å². The quantitative estimate of drug-likeness (QED) is 0.261. The summed E-state index contributed by atoms with van der Waals surface area (Å²) in [5, 5.41) is 0. The van der Waals surface area contributed by atoms with Crippen molar-refractivity contribution >= 4 is 27.8 Å². The summed E-state index contributed by atoms with van der Waals surface area (Å²) < 4.78 is 61.3. The number of rotatable bonds is 5. The molecule has 3 atom stereocenters. The van der Waals surface area contributed by atoms with Gasteiger partial charge in [0, 0.05) is 28.4 Å². The van der Waals surface area contributed by atoms with Gasteiger partial charge < -0.3 is 9.64 Å². The summed E-state index contributed by atoms with van der Waals surface area (Å²) in [5.74, 6) is -0.460. The highest BCUT2D eigenvalue weighted by molar-refractivity contribution is 9.10. The highest BCUT2D eigenvalue weighted by atomic mass is 79.9. The predicted molar refractivity (Wildman–Crippen MR) is 146 cm³/mol. The van der Waals surface area contributed by atoms with Gasteiger partial charge in [0.2, 0.25) is 11.6 Å². The van der Waals surface area contributed by atoms with E-state index in [1.165, 1.54) is 19.2 Å². The molecular formula is C31H34BrF4NO3. The fourth-order valence-corrected chi connectivity index (χ4v) is 7.72. The van der Waals surface area contributed by atoms with E-state index < -0.39 is 17.3 Å². The maximum atomic E-state index is 14.9. The van der Waals surface area contributed by atoms with Crippen LogP contribution in [0.5, 0.6) is 0 Å². The molecule has 9 heteroatoms. The number of alkyl halides is 4. The number of methoxy groups -OCH3 is 1. The largest absolute Gasteiger partial charge is 0.469 e. The van der Waals surface area contributed by atoms with Gasteiger partial charge in [-0.25, -0.2) is 4.39 Å². The molecule has 3 aliphatic rings. The van der Waals surface area contributed by atoms with Gasteiger partial charge in [0.15, 0.2) is 0 Å². The van der Waals surface area contributed by atoms with Gasteiger partial charge in [-0.3, -0.25) is 9.59 Å². The fraction of sp³-hybridized carbons (Fsp3) is 0.548. The molecule has 1 aliphatic heterocycles. The molecule has 2 aromatic carbocycles. The molecule has 0 spiro atoms. The number of fused-ring (bicyclic) bond motifs is 3. The third-order valence-electron chi connectivity index (χ3n) is 9.52. The Balaban J connectivity index is 1.48. The molecule has 0 N–H and O–H groups in total. The van der Waals surface area contributed by atoms with Gasteiger partial charge in [0.05, 0.1) is 13.0 Å². The van der Waals surface area contributed by atoms with Crippen molar-refractivity contribution in [2.24, 2.45) is 11.8 Å². The fourth-order valence-electron chi connectivity index (χ4n) is 7.27. The van der Waals surface area contributed by atoms with E-state index in [1.54, 1.807) is 6.07 Å². The highest BCUT2D eigenvalue weighted by Gasteiger charge is 2.56. The van der Waals surface area contributed by atoms with Crippen LogP contribution >= 0.6 is 15.9 Å². The third kappa shape index (κ3) is 5.07. The molecular weight excluding hydrogens is 590 g/mol. The van der Waals surface area contributed by atoms with Crippen molar-refractivity contribution in [1.29, 1.82) is 0 Å². The summed E-state index contributed by atoms with van der Waals surface area (Å²) in [5.41, 5.74) is -1.62. The lowest BCUT2D eigenvalue weighted by Gasteiger charge is -2.45. The van der Waals surface area contributed by atoms with Gasteiger partial charge in [-0.1, -0.05) is 46.3 Å². The molecule has 0 bridgehead atoms. The zero-order chi connectivity index (χ0) is 28.9. The minimum Gasteiger partial charge on any atom is -0.469 e. The lowest BCUT2D eigenvalue weighted by atomic mass is 9.63. The number of nitrogens with zero attached hydrogens (tertiary/aromatic N) is 1. The average molecular weight is 625 g/mol. The van der Waals surface area contributed by atoms with Crippen molar-refractivity contribution < 1.29 is 31.9 Å². The second-order valence-electron chi connectivity index (χ2n) is 11.7. The molecule has 1 saturated carbocycles. The lowest BCUT2D eigenvalue weighted by Crippen LogP contribution is -2.51. The first kappa shape index (κ1) is 29.1. The van der Waals surface area contributed by atoms with Crippen molar-refractivity contribution in [2.45, 2.75) is 81.6 Å². The monoisotopic (exact) mass is 623 g/mol. The number of amides is 1. The summed E-state index contributed by atoms with van der Waals surface area (Å²) in [6.45, 7) is 1.13. The zero-order valence-electron chi connectivity index (χ0n) is 22.7. The smallest absolute Gasteiger partial charge is 0.426 e. The molecule has 1 heterocycles. The van der Waals surface area contributed by atoms with Crippen molar-refractivity contribution in [2.75, 3.05) is 13.7 Å². The van der Waals surface area contributed by atoms with Gasteiger partial charge in [0.25, 0.3) is 0 Å². The summed E-state index contributed by atoms with van der Waals surface area (Å²) >= 11 is 3.54. The van der Waals surface area contributed by atoms with E-state index in [0.29, 0.717) is 64.8 Å². The van der Waals surface area contributed by atoms with Crippen molar-refractivity contribution in [1.82, 2.24) is 4.90 Å². The average Bonchev–Trinajstić information content (AvgIpc) is 3.30. The second kappa shape index (κ2) is 10.8. The number of esters is 1. The number of hydrogen-bond donors (Lipinski definition) is 0. The lowest BCUT2D eigenvalue weighted by molar-refractivity contribution is -0.228. The van der Waals surface area contributed by atoms with Gasteiger partial charge >= 0.3 is 12.1 Å². The SMILES string of the molecule is COC(=O)[C@H]1CC[C@H](C(=O)N2CCC3(Cc4cccc(Br)c4)c4ccc(C(C)(F)C(F)(F)F)cc4CCC23)CC1. The Morgan fingerprint density at radius 1 is 1.02 bits per heavy atom. The normalized spacial score (nSPS) is 27.9. The number of ether oxygens (including phenoxy) is 1. The van der Waals surface area contributed by atoms with Crippen molar-refractivity contribution in [3.05, 3.63) is 69.2 Å². The summed E-state index contributed by atoms with van der Waals surface area (Å²) in [6.07, 6.45) is -0.144. The molecule has 2 fully saturated rings. The maximum Gasteiger partial charge on any atom is 0.426 e. The van der Waals surface area contributed by atoms with E-state index in [9.17, 15) is 27.2 Å². The Hall–Kier alpha value is -2.42. The molecule has 40 heavy (non-hydrogen) atoms.